The van der Waals surface area contributed by atoms with E-state index in [1.165, 1.54) is 10.7 Å². The SMILES string of the molecule is CCNc1cnn(CCOC)c(=O)c1. The number of ether oxygens (including phenoxy) is 1. The number of methoxy groups -OCH3 is 1. The first-order valence-corrected chi connectivity index (χ1v) is 4.58. The molecule has 0 aliphatic carbocycles. The molecule has 78 valence electrons. The fourth-order valence-electron chi connectivity index (χ4n) is 1.08. The first kappa shape index (κ1) is 10.7. The smallest absolute Gasteiger partial charge is 0.268 e. The molecule has 0 saturated carbocycles. The lowest BCUT2D eigenvalue weighted by Crippen LogP contribution is -2.24. The zero-order valence-electron chi connectivity index (χ0n) is 8.49. The first-order chi connectivity index (χ1) is 6.77. The second-order valence-corrected chi connectivity index (χ2v) is 2.83. The predicted octanol–water partition coefficient (Wildman–Crippen LogP) is 0.321. The van der Waals surface area contributed by atoms with E-state index in [0.29, 0.717) is 13.2 Å². The minimum absolute atomic E-state index is 0.111. The van der Waals surface area contributed by atoms with Crippen molar-refractivity contribution in [2.24, 2.45) is 0 Å². The Kier molecular flexibility index (Phi) is 4.12. The van der Waals surface area contributed by atoms with Gasteiger partial charge in [-0.15, -0.1) is 0 Å². The van der Waals surface area contributed by atoms with Gasteiger partial charge in [0.05, 0.1) is 25.0 Å². The van der Waals surface area contributed by atoms with Crippen LogP contribution in [0.2, 0.25) is 0 Å². The second-order valence-electron chi connectivity index (χ2n) is 2.83. The third-order valence-electron chi connectivity index (χ3n) is 1.76. The van der Waals surface area contributed by atoms with Gasteiger partial charge in [-0.1, -0.05) is 0 Å². The number of nitrogens with zero attached hydrogens (tertiary/aromatic N) is 2. The van der Waals surface area contributed by atoms with E-state index in [1.807, 2.05) is 6.92 Å². The van der Waals surface area contributed by atoms with Crippen LogP contribution in [0.4, 0.5) is 5.69 Å². The molecule has 1 N–H and O–H groups in total. The molecular weight excluding hydrogens is 182 g/mol. The number of rotatable bonds is 5. The van der Waals surface area contributed by atoms with Crippen LogP contribution < -0.4 is 10.9 Å². The molecular formula is C9H15N3O2. The summed E-state index contributed by atoms with van der Waals surface area (Å²) in [6, 6.07) is 1.53. The Hall–Kier alpha value is -1.36. The van der Waals surface area contributed by atoms with Gasteiger partial charge < -0.3 is 10.1 Å². The maximum Gasteiger partial charge on any atom is 0.268 e. The van der Waals surface area contributed by atoms with Gasteiger partial charge in [-0.05, 0) is 6.92 Å². The monoisotopic (exact) mass is 197 g/mol. The van der Waals surface area contributed by atoms with Crippen LogP contribution in [-0.2, 0) is 11.3 Å². The minimum Gasteiger partial charge on any atom is -0.384 e. The molecule has 0 fully saturated rings. The van der Waals surface area contributed by atoms with Gasteiger partial charge in [0.1, 0.15) is 0 Å². The summed E-state index contributed by atoms with van der Waals surface area (Å²) in [4.78, 5) is 11.4. The highest BCUT2D eigenvalue weighted by Crippen LogP contribution is 1.97. The van der Waals surface area contributed by atoms with Crippen LogP contribution in [0.25, 0.3) is 0 Å². The molecule has 0 spiro atoms. The predicted molar refractivity (Wildman–Crippen MR) is 54.5 cm³/mol. The van der Waals surface area contributed by atoms with Crippen molar-refractivity contribution in [1.29, 1.82) is 0 Å². The summed E-state index contributed by atoms with van der Waals surface area (Å²) in [5.41, 5.74) is 0.645. The van der Waals surface area contributed by atoms with E-state index < -0.39 is 0 Å². The van der Waals surface area contributed by atoms with Gasteiger partial charge in [-0.3, -0.25) is 4.79 Å². The zero-order chi connectivity index (χ0) is 10.4. The third-order valence-corrected chi connectivity index (χ3v) is 1.76. The summed E-state index contributed by atoms with van der Waals surface area (Å²) < 4.78 is 6.24. The van der Waals surface area contributed by atoms with E-state index in [-0.39, 0.29) is 5.56 Å². The van der Waals surface area contributed by atoms with E-state index in [4.69, 9.17) is 4.74 Å². The Bertz CT molecular complexity index is 335. The van der Waals surface area contributed by atoms with Crippen molar-refractivity contribution in [1.82, 2.24) is 9.78 Å². The number of anilines is 1. The lowest BCUT2D eigenvalue weighted by Gasteiger charge is -2.05. The molecule has 1 heterocycles. The zero-order valence-corrected chi connectivity index (χ0v) is 8.49. The van der Waals surface area contributed by atoms with Crippen LogP contribution in [0.1, 0.15) is 6.92 Å². The van der Waals surface area contributed by atoms with Crippen LogP contribution in [0.15, 0.2) is 17.1 Å². The Morgan fingerprint density at radius 2 is 2.43 bits per heavy atom. The summed E-state index contributed by atoms with van der Waals surface area (Å²) in [6.07, 6.45) is 1.64. The highest BCUT2D eigenvalue weighted by atomic mass is 16.5. The van der Waals surface area contributed by atoms with Gasteiger partial charge in [-0.2, -0.15) is 5.10 Å². The molecule has 0 saturated heterocycles. The fourth-order valence-corrected chi connectivity index (χ4v) is 1.08. The molecule has 0 unspecified atom stereocenters. The maximum absolute atomic E-state index is 11.4. The van der Waals surface area contributed by atoms with E-state index in [1.54, 1.807) is 13.3 Å². The molecule has 1 rings (SSSR count). The van der Waals surface area contributed by atoms with Gasteiger partial charge in [0, 0.05) is 19.7 Å². The third kappa shape index (κ3) is 2.85. The minimum atomic E-state index is -0.111. The molecule has 0 aromatic carbocycles. The lowest BCUT2D eigenvalue weighted by atomic mass is 10.4. The highest BCUT2D eigenvalue weighted by Gasteiger charge is 1.98. The number of hydrogen-bond acceptors (Lipinski definition) is 4. The number of nitrogens with one attached hydrogen (secondary N) is 1. The van der Waals surface area contributed by atoms with Crippen LogP contribution in [-0.4, -0.2) is 30.0 Å². The Morgan fingerprint density at radius 1 is 1.64 bits per heavy atom. The number of aromatic nitrogens is 2. The van der Waals surface area contributed by atoms with Crippen molar-refractivity contribution in [3.05, 3.63) is 22.6 Å². The molecule has 0 radical (unpaired) electrons. The summed E-state index contributed by atoms with van der Waals surface area (Å²) >= 11 is 0. The molecule has 5 nitrogen and oxygen atoms in total. The molecule has 0 aliphatic heterocycles. The van der Waals surface area contributed by atoms with Crippen molar-refractivity contribution in [3.8, 4) is 0 Å². The molecule has 1 aromatic rings. The molecule has 0 bridgehead atoms. The fraction of sp³-hybridized carbons (Fsp3) is 0.556. The van der Waals surface area contributed by atoms with E-state index >= 15 is 0 Å². The van der Waals surface area contributed by atoms with Crippen molar-refractivity contribution in [2.45, 2.75) is 13.5 Å². The lowest BCUT2D eigenvalue weighted by molar-refractivity contribution is 0.182. The van der Waals surface area contributed by atoms with Crippen molar-refractivity contribution in [2.75, 3.05) is 25.6 Å². The molecule has 1 aromatic heterocycles. The molecule has 14 heavy (non-hydrogen) atoms. The van der Waals surface area contributed by atoms with Crippen molar-refractivity contribution < 1.29 is 4.74 Å². The Balaban J connectivity index is 2.74. The molecule has 0 atom stereocenters. The van der Waals surface area contributed by atoms with Crippen molar-refractivity contribution in [3.63, 3.8) is 0 Å². The second kappa shape index (κ2) is 5.39. The van der Waals surface area contributed by atoms with Crippen LogP contribution in [0.5, 0.6) is 0 Å². The van der Waals surface area contributed by atoms with Crippen LogP contribution >= 0.6 is 0 Å². The quantitative estimate of drug-likeness (QED) is 0.738. The largest absolute Gasteiger partial charge is 0.384 e. The summed E-state index contributed by atoms with van der Waals surface area (Å²) in [7, 11) is 1.60. The average molecular weight is 197 g/mol. The van der Waals surface area contributed by atoms with Gasteiger partial charge in [0.2, 0.25) is 0 Å². The Labute approximate surface area is 82.7 Å². The summed E-state index contributed by atoms with van der Waals surface area (Å²) in [5, 5.41) is 7.02. The summed E-state index contributed by atoms with van der Waals surface area (Å²) in [6.45, 7) is 3.73. The van der Waals surface area contributed by atoms with Gasteiger partial charge in [0.15, 0.2) is 0 Å². The van der Waals surface area contributed by atoms with Crippen LogP contribution in [0, 0.1) is 0 Å². The topological polar surface area (TPSA) is 56.1 Å². The normalized spacial score (nSPS) is 10.1. The van der Waals surface area contributed by atoms with Gasteiger partial charge in [-0.25, -0.2) is 4.68 Å². The molecule has 5 heteroatoms. The van der Waals surface area contributed by atoms with E-state index in [2.05, 4.69) is 10.4 Å². The van der Waals surface area contributed by atoms with Gasteiger partial charge in [0.25, 0.3) is 5.56 Å². The highest BCUT2D eigenvalue weighted by molar-refractivity contribution is 5.38. The maximum atomic E-state index is 11.4. The molecule has 0 amide bonds. The van der Waals surface area contributed by atoms with E-state index in [9.17, 15) is 4.79 Å². The first-order valence-electron chi connectivity index (χ1n) is 4.58. The van der Waals surface area contributed by atoms with Crippen molar-refractivity contribution >= 4 is 5.69 Å². The van der Waals surface area contributed by atoms with E-state index in [0.717, 1.165) is 12.2 Å². The molecule has 0 aliphatic rings. The van der Waals surface area contributed by atoms with Gasteiger partial charge >= 0.3 is 0 Å². The number of hydrogen-bond donors (Lipinski definition) is 1. The van der Waals surface area contributed by atoms with Crippen LogP contribution in [0.3, 0.4) is 0 Å². The standard InChI is InChI=1S/C9H15N3O2/c1-3-10-8-6-9(13)12(11-7-8)4-5-14-2/h6-7,10H,3-5H2,1-2H3. The Morgan fingerprint density at radius 3 is 3.00 bits per heavy atom. The average Bonchev–Trinajstić information content (AvgIpc) is 2.17. The summed E-state index contributed by atoms with van der Waals surface area (Å²) in [5.74, 6) is 0.